The summed E-state index contributed by atoms with van der Waals surface area (Å²) in [5.41, 5.74) is 1.11. The molecule has 0 radical (unpaired) electrons. The molecule has 0 aliphatic heterocycles. The van der Waals surface area contributed by atoms with Crippen LogP contribution in [0.2, 0.25) is 5.02 Å². The molecule has 23 heavy (non-hydrogen) atoms. The van der Waals surface area contributed by atoms with E-state index in [1.54, 1.807) is 30.7 Å². The zero-order valence-electron chi connectivity index (χ0n) is 12.0. The number of anilines is 1. The summed E-state index contributed by atoms with van der Waals surface area (Å²) < 4.78 is 5.12. The van der Waals surface area contributed by atoms with Crippen molar-refractivity contribution in [2.75, 3.05) is 5.32 Å². The van der Waals surface area contributed by atoms with Crippen LogP contribution in [0.3, 0.4) is 0 Å². The van der Waals surface area contributed by atoms with E-state index in [9.17, 15) is 4.79 Å². The van der Waals surface area contributed by atoms with Gasteiger partial charge in [0.15, 0.2) is 5.13 Å². The van der Waals surface area contributed by atoms with E-state index in [0.717, 1.165) is 16.9 Å². The van der Waals surface area contributed by atoms with Crippen LogP contribution in [0.1, 0.15) is 16.2 Å². The van der Waals surface area contributed by atoms with Gasteiger partial charge in [0.2, 0.25) is 5.91 Å². The number of carbonyl (C=O) groups excluding carboxylic acids is 1. The van der Waals surface area contributed by atoms with E-state index in [0.29, 0.717) is 15.9 Å². The lowest BCUT2D eigenvalue weighted by Crippen LogP contribution is -2.06. The highest BCUT2D eigenvalue weighted by Gasteiger charge is 2.06. The van der Waals surface area contributed by atoms with Gasteiger partial charge in [0.25, 0.3) is 0 Å². The number of hydrogen-bond acceptors (Lipinski definition) is 4. The Morgan fingerprint density at radius 2 is 2.26 bits per heavy atom. The Kier molecular flexibility index (Phi) is 4.90. The van der Waals surface area contributed by atoms with Crippen LogP contribution in [-0.4, -0.2) is 10.9 Å². The number of nitrogens with one attached hydrogen (secondary N) is 1. The number of thiazole rings is 1. The summed E-state index contributed by atoms with van der Waals surface area (Å²) in [6.07, 6.45) is 7.07. The maximum Gasteiger partial charge on any atom is 0.250 e. The number of aromatic nitrogens is 1. The second kappa shape index (κ2) is 7.26. The van der Waals surface area contributed by atoms with Crippen molar-refractivity contribution in [1.29, 1.82) is 0 Å². The molecule has 2 heterocycles. The van der Waals surface area contributed by atoms with Crippen molar-refractivity contribution in [3.05, 3.63) is 76.2 Å². The first-order valence-corrected chi connectivity index (χ1v) is 8.10. The molecule has 0 saturated carbocycles. The average molecular weight is 345 g/mol. The van der Waals surface area contributed by atoms with Gasteiger partial charge >= 0.3 is 0 Å². The van der Waals surface area contributed by atoms with Crippen molar-refractivity contribution in [2.24, 2.45) is 0 Å². The second-order valence-corrected chi connectivity index (χ2v) is 6.33. The van der Waals surface area contributed by atoms with Gasteiger partial charge in [-0.25, -0.2) is 4.98 Å². The molecule has 0 atom stereocenters. The number of halogens is 1. The third-order valence-corrected chi connectivity index (χ3v) is 4.14. The number of benzene rings is 1. The minimum Gasteiger partial charge on any atom is -0.465 e. The van der Waals surface area contributed by atoms with E-state index < -0.39 is 0 Å². The van der Waals surface area contributed by atoms with Gasteiger partial charge in [-0.2, -0.15) is 0 Å². The number of nitrogens with zero attached hydrogens (tertiary/aromatic N) is 1. The van der Waals surface area contributed by atoms with Gasteiger partial charge in [0, 0.05) is 28.6 Å². The summed E-state index contributed by atoms with van der Waals surface area (Å²) in [6, 6.07) is 11.2. The molecule has 2 aromatic heterocycles. The van der Waals surface area contributed by atoms with E-state index in [2.05, 4.69) is 10.3 Å². The zero-order valence-corrected chi connectivity index (χ0v) is 13.6. The minimum atomic E-state index is -0.245. The lowest BCUT2D eigenvalue weighted by Gasteiger charge is -1.98. The van der Waals surface area contributed by atoms with E-state index in [-0.39, 0.29) is 5.91 Å². The molecule has 3 rings (SSSR count). The van der Waals surface area contributed by atoms with Crippen molar-refractivity contribution >= 4 is 40.1 Å². The molecule has 4 nitrogen and oxygen atoms in total. The van der Waals surface area contributed by atoms with Crippen molar-refractivity contribution < 1.29 is 9.21 Å². The number of carbonyl (C=O) groups is 1. The maximum atomic E-state index is 11.8. The maximum absolute atomic E-state index is 11.8. The molecule has 6 heteroatoms. The summed E-state index contributed by atoms with van der Waals surface area (Å²) >= 11 is 7.42. The minimum absolute atomic E-state index is 0.245. The van der Waals surface area contributed by atoms with Crippen molar-refractivity contribution in [1.82, 2.24) is 4.98 Å². The number of rotatable bonds is 5. The Morgan fingerprint density at radius 1 is 1.35 bits per heavy atom. The lowest BCUT2D eigenvalue weighted by atomic mass is 10.1. The van der Waals surface area contributed by atoms with Crippen LogP contribution in [-0.2, 0) is 11.2 Å². The molecular formula is C17H13ClN2O2S. The van der Waals surface area contributed by atoms with Crippen LogP contribution in [0, 0.1) is 0 Å². The Labute approximate surface area is 142 Å². The first kappa shape index (κ1) is 15.5. The fourth-order valence-corrected chi connectivity index (χ4v) is 3.05. The fourth-order valence-electron chi connectivity index (χ4n) is 1.99. The average Bonchev–Trinajstić information content (AvgIpc) is 3.17. The quantitative estimate of drug-likeness (QED) is 0.686. The molecule has 0 bridgehead atoms. The van der Waals surface area contributed by atoms with Crippen LogP contribution >= 0.6 is 22.9 Å². The molecule has 0 spiro atoms. The number of amides is 1. The number of hydrogen-bond donors (Lipinski definition) is 1. The molecule has 1 aromatic carbocycles. The lowest BCUT2D eigenvalue weighted by molar-refractivity contribution is -0.111. The molecule has 0 unspecified atom stereocenters. The molecule has 1 amide bonds. The number of furan rings is 1. The van der Waals surface area contributed by atoms with Crippen molar-refractivity contribution in [2.45, 2.75) is 6.42 Å². The van der Waals surface area contributed by atoms with E-state index in [4.69, 9.17) is 16.0 Å². The van der Waals surface area contributed by atoms with Gasteiger partial charge in [0.05, 0.1) is 6.26 Å². The summed E-state index contributed by atoms with van der Waals surface area (Å²) in [7, 11) is 0. The molecule has 3 aromatic rings. The SMILES string of the molecule is O=C(/C=C\c1ccco1)Nc1ncc(Cc2cccc(Cl)c2)s1. The van der Waals surface area contributed by atoms with Crippen molar-refractivity contribution in [3.63, 3.8) is 0 Å². The van der Waals surface area contributed by atoms with Crippen LogP contribution in [0.4, 0.5) is 5.13 Å². The summed E-state index contributed by atoms with van der Waals surface area (Å²) in [4.78, 5) is 17.1. The van der Waals surface area contributed by atoms with Gasteiger partial charge in [-0.15, -0.1) is 11.3 Å². The molecular weight excluding hydrogens is 332 g/mol. The molecule has 0 fully saturated rings. The Bertz CT molecular complexity index is 825. The molecule has 116 valence electrons. The predicted octanol–water partition coefficient (Wildman–Crippen LogP) is 4.63. The monoisotopic (exact) mass is 344 g/mol. The van der Waals surface area contributed by atoms with Gasteiger partial charge < -0.3 is 4.42 Å². The zero-order chi connectivity index (χ0) is 16.1. The van der Waals surface area contributed by atoms with Gasteiger partial charge in [-0.05, 0) is 35.9 Å². The van der Waals surface area contributed by atoms with Crippen LogP contribution in [0.15, 0.2) is 59.4 Å². The molecule has 1 N–H and O–H groups in total. The third-order valence-electron chi connectivity index (χ3n) is 2.99. The molecule has 0 aliphatic carbocycles. The van der Waals surface area contributed by atoms with E-state index in [1.165, 1.54) is 17.4 Å². The Balaban J connectivity index is 1.59. The van der Waals surface area contributed by atoms with Gasteiger partial charge in [-0.3, -0.25) is 10.1 Å². The van der Waals surface area contributed by atoms with Crippen LogP contribution in [0.25, 0.3) is 6.08 Å². The molecule has 0 aliphatic rings. The van der Waals surface area contributed by atoms with Crippen LogP contribution < -0.4 is 5.32 Å². The van der Waals surface area contributed by atoms with Crippen molar-refractivity contribution in [3.8, 4) is 0 Å². The van der Waals surface area contributed by atoms with E-state index >= 15 is 0 Å². The smallest absolute Gasteiger partial charge is 0.250 e. The normalized spacial score (nSPS) is 11.0. The highest BCUT2D eigenvalue weighted by atomic mass is 35.5. The summed E-state index contributed by atoms with van der Waals surface area (Å²) in [6.45, 7) is 0. The first-order valence-electron chi connectivity index (χ1n) is 6.91. The first-order chi connectivity index (χ1) is 11.2. The molecule has 0 saturated heterocycles. The van der Waals surface area contributed by atoms with Gasteiger partial charge in [0.1, 0.15) is 5.76 Å². The summed E-state index contributed by atoms with van der Waals surface area (Å²) in [5.74, 6) is 0.381. The largest absolute Gasteiger partial charge is 0.465 e. The standard InChI is InChI=1S/C17H13ClN2O2S/c18-13-4-1-3-12(9-13)10-15-11-19-17(23-15)20-16(21)7-6-14-5-2-8-22-14/h1-9,11H,10H2,(H,19,20,21)/b7-6-. The second-order valence-electron chi connectivity index (χ2n) is 4.78. The van der Waals surface area contributed by atoms with Gasteiger partial charge in [-0.1, -0.05) is 23.7 Å². The third kappa shape index (κ3) is 4.55. The predicted molar refractivity (Wildman–Crippen MR) is 92.7 cm³/mol. The highest BCUT2D eigenvalue weighted by molar-refractivity contribution is 7.15. The van der Waals surface area contributed by atoms with Crippen LogP contribution in [0.5, 0.6) is 0 Å². The fraction of sp³-hybridized carbons (Fsp3) is 0.0588. The Hall–Kier alpha value is -2.37. The van der Waals surface area contributed by atoms with E-state index in [1.807, 2.05) is 24.3 Å². The topological polar surface area (TPSA) is 55.1 Å². The summed E-state index contributed by atoms with van der Waals surface area (Å²) in [5, 5.41) is 4.01. The highest BCUT2D eigenvalue weighted by Crippen LogP contribution is 2.22. The Morgan fingerprint density at radius 3 is 3.04 bits per heavy atom.